The van der Waals surface area contributed by atoms with Gasteiger partial charge in [-0.05, 0) is 67.9 Å². The molecule has 8 nitrogen and oxygen atoms in total. The molecular formula is C25H19Cl2N5O3S. The van der Waals surface area contributed by atoms with E-state index in [2.05, 4.69) is 35.5 Å². The molecule has 0 aliphatic carbocycles. The monoisotopic (exact) mass is 539 g/mol. The van der Waals surface area contributed by atoms with E-state index >= 15 is 0 Å². The third-order valence-corrected chi connectivity index (χ3v) is 7.16. The summed E-state index contributed by atoms with van der Waals surface area (Å²) >= 11 is 14.7. The summed E-state index contributed by atoms with van der Waals surface area (Å²) in [5, 5.41) is 37.9. The number of pyridine rings is 1. The van der Waals surface area contributed by atoms with Crippen LogP contribution in [0.5, 0.6) is 11.5 Å². The van der Waals surface area contributed by atoms with Crippen molar-refractivity contribution in [1.29, 1.82) is 5.26 Å². The summed E-state index contributed by atoms with van der Waals surface area (Å²) < 4.78 is 6.04. The molecule has 0 saturated carbocycles. The van der Waals surface area contributed by atoms with Crippen molar-refractivity contribution in [3.63, 3.8) is 0 Å². The van der Waals surface area contributed by atoms with Crippen LogP contribution in [0.2, 0.25) is 10.0 Å². The number of rotatable bonds is 4. The second-order valence-electron chi connectivity index (χ2n) is 8.14. The van der Waals surface area contributed by atoms with Crippen molar-refractivity contribution >= 4 is 56.8 Å². The maximum atomic E-state index is 10.2. The first-order chi connectivity index (χ1) is 17.2. The molecule has 0 amide bonds. The highest BCUT2D eigenvalue weighted by Gasteiger charge is 2.29. The van der Waals surface area contributed by atoms with Gasteiger partial charge in [0.15, 0.2) is 17.7 Å². The number of nitrogens with one attached hydrogen (secondary N) is 1. The van der Waals surface area contributed by atoms with Crippen molar-refractivity contribution in [1.82, 2.24) is 10.3 Å². The van der Waals surface area contributed by atoms with Crippen LogP contribution in [0.4, 0.5) is 5.69 Å². The number of aliphatic hydroxyl groups is 2. The zero-order valence-corrected chi connectivity index (χ0v) is 21.4. The number of ether oxygens (including phenoxy) is 1. The van der Waals surface area contributed by atoms with Crippen LogP contribution < -0.4 is 15.1 Å². The normalized spacial score (nSPS) is 17.7. The van der Waals surface area contributed by atoms with Crippen molar-refractivity contribution in [3.8, 4) is 28.1 Å². The molecule has 0 saturated heterocycles. The predicted molar refractivity (Wildman–Crippen MR) is 142 cm³/mol. The number of hydrazone groups is 1. The molecule has 2 aromatic carbocycles. The van der Waals surface area contributed by atoms with E-state index in [1.807, 2.05) is 19.1 Å². The Morgan fingerprint density at radius 1 is 1.08 bits per heavy atom. The number of aryl methyl sites for hydroxylation is 2. The summed E-state index contributed by atoms with van der Waals surface area (Å²) in [7, 11) is 0. The van der Waals surface area contributed by atoms with Gasteiger partial charge in [0.05, 0.1) is 31.8 Å². The lowest BCUT2D eigenvalue weighted by atomic mass is 10.1. The van der Waals surface area contributed by atoms with Crippen molar-refractivity contribution in [3.05, 3.63) is 69.0 Å². The number of hydrogen-bond acceptors (Lipinski definition) is 9. The van der Waals surface area contributed by atoms with Gasteiger partial charge >= 0.3 is 0 Å². The summed E-state index contributed by atoms with van der Waals surface area (Å²) in [6.45, 7) is 4.10. The number of nitriles is 1. The van der Waals surface area contributed by atoms with Crippen LogP contribution in [0, 0.1) is 25.2 Å². The molecule has 2 aromatic heterocycles. The van der Waals surface area contributed by atoms with E-state index in [0.29, 0.717) is 11.4 Å². The molecule has 5 rings (SSSR count). The molecule has 3 N–H and O–H groups in total. The summed E-state index contributed by atoms with van der Waals surface area (Å²) in [6.07, 6.45) is -2.78. The Bertz CT molecular complexity index is 1540. The van der Waals surface area contributed by atoms with E-state index in [0.717, 1.165) is 32.0 Å². The van der Waals surface area contributed by atoms with Gasteiger partial charge in [0, 0.05) is 10.3 Å². The molecular weight excluding hydrogens is 521 g/mol. The summed E-state index contributed by atoms with van der Waals surface area (Å²) in [4.78, 5) is 7.15. The second kappa shape index (κ2) is 9.67. The fraction of sp³-hybridized carbons (Fsp3) is 0.160. The van der Waals surface area contributed by atoms with Gasteiger partial charge in [0.1, 0.15) is 11.8 Å². The number of halogens is 2. The number of fused-ring (bicyclic) bond motifs is 1. The molecule has 4 aromatic rings. The van der Waals surface area contributed by atoms with E-state index in [-0.39, 0.29) is 21.5 Å². The minimum absolute atomic E-state index is 0.169. The highest BCUT2D eigenvalue weighted by atomic mass is 35.5. The maximum Gasteiger partial charge on any atom is 0.206 e. The number of aromatic nitrogens is 1. The van der Waals surface area contributed by atoms with Crippen LogP contribution in [0.15, 0.2) is 53.6 Å². The Morgan fingerprint density at radius 2 is 1.83 bits per heavy atom. The highest BCUT2D eigenvalue weighted by molar-refractivity contribution is 7.15. The van der Waals surface area contributed by atoms with Crippen LogP contribution >= 0.6 is 34.5 Å². The summed E-state index contributed by atoms with van der Waals surface area (Å²) in [5.74, 6) is 0.748. The van der Waals surface area contributed by atoms with E-state index in [4.69, 9.17) is 38.2 Å². The Kier molecular flexibility index (Phi) is 6.57. The standard InChI is InChI=1S/C25H19Cl2N5O3S/c1-12-7-20(22-6-3-13(2)36-22)29-19-5-4-15(10-16(12)19)35-23-17(26)8-14(9-18(23)27)32-25(34)30-24(33)21(11-28)31-32/h3-10,24-25,30,33-34H,1-2H3. The molecule has 2 unspecified atom stereocenters. The first-order valence-electron chi connectivity index (χ1n) is 10.8. The average Bonchev–Trinajstić information content (AvgIpc) is 3.28. The van der Waals surface area contributed by atoms with Gasteiger partial charge in [-0.2, -0.15) is 10.4 Å². The number of hydrogen-bond donors (Lipinski definition) is 3. The van der Waals surface area contributed by atoms with Crippen molar-refractivity contribution in [2.45, 2.75) is 26.4 Å². The number of anilines is 1. The van der Waals surface area contributed by atoms with E-state index in [1.54, 1.807) is 23.5 Å². The van der Waals surface area contributed by atoms with Gasteiger partial charge < -0.3 is 14.9 Å². The number of thiophene rings is 1. The van der Waals surface area contributed by atoms with E-state index in [9.17, 15) is 10.2 Å². The number of aliphatic hydroxyl groups excluding tert-OH is 2. The molecule has 11 heteroatoms. The lowest BCUT2D eigenvalue weighted by Crippen LogP contribution is -2.55. The second-order valence-corrected chi connectivity index (χ2v) is 10.2. The molecule has 2 atom stereocenters. The third kappa shape index (κ3) is 4.63. The van der Waals surface area contributed by atoms with Crippen molar-refractivity contribution in [2.24, 2.45) is 5.10 Å². The fourth-order valence-electron chi connectivity index (χ4n) is 3.83. The lowest BCUT2D eigenvalue weighted by Gasteiger charge is -2.32. The quantitative estimate of drug-likeness (QED) is 0.311. The predicted octanol–water partition coefficient (Wildman–Crippen LogP) is 5.56. The minimum Gasteiger partial charge on any atom is -0.454 e. The Hall–Kier alpha value is -3.23. The molecule has 1 aliphatic heterocycles. The number of nitrogens with zero attached hydrogens (tertiary/aromatic N) is 4. The minimum atomic E-state index is -1.39. The Morgan fingerprint density at radius 3 is 2.50 bits per heavy atom. The molecule has 0 spiro atoms. The molecule has 0 bridgehead atoms. The first kappa shape index (κ1) is 24.5. The molecule has 0 radical (unpaired) electrons. The Labute approximate surface area is 220 Å². The average molecular weight is 540 g/mol. The van der Waals surface area contributed by atoms with Gasteiger partial charge in [-0.15, -0.1) is 11.3 Å². The van der Waals surface area contributed by atoms with Gasteiger partial charge in [-0.1, -0.05) is 23.2 Å². The van der Waals surface area contributed by atoms with Crippen LogP contribution in [-0.2, 0) is 0 Å². The first-order valence-corrected chi connectivity index (χ1v) is 12.4. The van der Waals surface area contributed by atoms with Crippen LogP contribution in [0.1, 0.15) is 10.4 Å². The topological polar surface area (TPSA) is 114 Å². The fourth-order valence-corrected chi connectivity index (χ4v) is 5.21. The Balaban J connectivity index is 1.45. The maximum absolute atomic E-state index is 10.2. The van der Waals surface area contributed by atoms with Crippen LogP contribution in [-0.4, -0.2) is 33.5 Å². The van der Waals surface area contributed by atoms with Gasteiger partial charge in [0.2, 0.25) is 6.35 Å². The van der Waals surface area contributed by atoms with Gasteiger partial charge in [-0.25, -0.2) is 15.3 Å². The SMILES string of the molecule is Cc1ccc(-c2cc(C)c3cc(Oc4c(Cl)cc(N5N=C(C#N)C(O)NC5O)cc4Cl)ccc3n2)s1. The van der Waals surface area contributed by atoms with E-state index < -0.39 is 12.6 Å². The van der Waals surface area contributed by atoms with Crippen LogP contribution in [0.25, 0.3) is 21.5 Å². The molecule has 36 heavy (non-hydrogen) atoms. The third-order valence-electron chi connectivity index (χ3n) is 5.57. The number of benzene rings is 2. The highest BCUT2D eigenvalue weighted by Crippen LogP contribution is 2.41. The van der Waals surface area contributed by atoms with Crippen LogP contribution in [0.3, 0.4) is 0 Å². The summed E-state index contributed by atoms with van der Waals surface area (Å²) in [6, 6.07) is 16.5. The van der Waals surface area contributed by atoms with Gasteiger partial charge in [-0.3, -0.25) is 0 Å². The van der Waals surface area contributed by atoms with Crippen molar-refractivity contribution < 1.29 is 14.9 Å². The zero-order valence-electron chi connectivity index (χ0n) is 19.0. The molecule has 0 fully saturated rings. The smallest absolute Gasteiger partial charge is 0.206 e. The molecule has 3 heterocycles. The van der Waals surface area contributed by atoms with Gasteiger partial charge in [0.25, 0.3) is 0 Å². The molecule has 1 aliphatic rings. The van der Waals surface area contributed by atoms with E-state index in [1.165, 1.54) is 17.0 Å². The zero-order chi connectivity index (χ0) is 25.6. The lowest BCUT2D eigenvalue weighted by molar-refractivity contribution is 0.0631. The summed E-state index contributed by atoms with van der Waals surface area (Å²) in [5.41, 5.74) is 2.91. The van der Waals surface area contributed by atoms with Crippen molar-refractivity contribution in [2.75, 3.05) is 5.01 Å². The molecule has 182 valence electrons. The largest absolute Gasteiger partial charge is 0.454 e.